The molecule has 0 aliphatic heterocycles. The number of thiazole rings is 1. The number of nitrogens with zero attached hydrogens (tertiary/aromatic N) is 3. The number of hydrogen-bond acceptors (Lipinski definition) is 6. The van der Waals surface area contributed by atoms with Gasteiger partial charge in [-0.1, -0.05) is 23.5 Å². The average Bonchev–Trinajstić information content (AvgIpc) is 2.95. The Hall–Kier alpha value is -2.13. The molecule has 0 atom stereocenters. The van der Waals surface area contributed by atoms with Crippen molar-refractivity contribution in [3.8, 4) is 0 Å². The highest BCUT2D eigenvalue weighted by Crippen LogP contribution is 2.26. The predicted molar refractivity (Wildman–Crippen MR) is 99.9 cm³/mol. The molecule has 0 aliphatic carbocycles. The monoisotopic (exact) mass is 394 g/mol. The highest BCUT2D eigenvalue weighted by Gasteiger charge is 2.15. The summed E-state index contributed by atoms with van der Waals surface area (Å²) in [5.41, 5.74) is 2.89. The summed E-state index contributed by atoms with van der Waals surface area (Å²) >= 11 is 1.74. The van der Waals surface area contributed by atoms with Crippen molar-refractivity contribution in [1.82, 2.24) is 15.0 Å². The molecule has 0 aliphatic rings. The maximum atomic E-state index is 12.4. The van der Waals surface area contributed by atoms with E-state index in [0.29, 0.717) is 34.7 Å². The average molecular weight is 394 g/mol. The minimum absolute atomic E-state index is 0.0534. The first-order chi connectivity index (χ1) is 12.4. The lowest BCUT2D eigenvalue weighted by molar-refractivity contribution is -0.116. The Bertz CT molecular complexity index is 889. The van der Waals surface area contributed by atoms with E-state index in [-0.39, 0.29) is 17.5 Å². The fraction of sp³-hybridized carbons (Fsp3) is 0.294. The zero-order valence-corrected chi connectivity index (χ0v) is 15.8. The molecule has 0 saturated carbocycles. The first-order valence-corrected chi connectivity index (χ1v) is 9.56. The van der Waals surface area contributed by atoms with Gasteiger partial charge in [-0.2, -0.15) is 8.78 Å². The lowest BCUT2D eigenvalue weighted by Gasteiger charge is -2.10. The first kappa shape index (κ1) is 18.7. The molecule has 3 rings (SSSR count). The van der Waals surface area contributed by atoms with Gasteiger partial charge in [-0.05, 0) is 49.7 Å². The van der Waals surface area contributed by atoms with Crippen molar-refractivity contribution in [3.63, 3.8) is 0 Å². The topological polar surface area (TPSA) is 67.8 Å². The van der Waals surface area contributed by atoms with Gasteiger partial charge in [-0.25, -0.2) is 15.0 Å². The van der Waals surface area contributed by atoms with Gasteiger partial charge in [0, 0.05) is 17.8 Å². The number of halogens is 2. The predicted octanol–water partition coefficient (Wildman–Crippen LogP) is 4.59. The molecule has 0 saturated heterocycles. The van der Waals surface area contributed by atoms with Crippen LogP contribution in [0, 0.1) is 13.8 Å². The highest BCUT2D eigenvalue weighted by molar-refractivity contribution is 7.99. The molecule has 2 heterocycles. The summed E-state index contributed by atoms with van der Waals surface area (Å²) in [6, 6.07) is 7.67. The lowest BCUT2D eigenvalue weighted by atomic mass is 10.1. The SMILES string of the molecule is Cc1nc(SC(F)F)nc(C)c1CCC(=O)Nc1nc2ccccc2s1. The van der Waals surface area contributed by atoms with Gasteiger partial charge in [0.2, 0.25) is 5.91 Å². The van der Waals surface area contributed by atoms with Crippen molar-refractivity contribution in [3.05, 3.63) is 41.2 Å². The molecule has 5 nitrogen and oxygen atoms in total. The summed E-state index contributed by atoms with van der Waals surface area (Å²) in [6.45, 7) is 3.48. The third kappa shape index (κ3) is 4.53. The number of thioether (sulfide) groups is 1. The van der Waals surface area contributed by atoms with Crippen molar-refractivity contribution < 1.29 is 13.6 Å². The molecular weight excluding hydrogens is 378 g/mol. The molecule has 3 aromatic rings. The summed E-state index contributed by atoms with van der Waals surface area (Å²) in [5.74, 6) is -2.71. The molecular formula is C17H16F2N4OS2. The van der Waals surface area contributed by atoms with Crippen LogP contribution in [-0.2, 0) is 11.2 Å². The number of para-hydroxylation sites is 1. The van der Waals surface area contributed by atoms with E-state index in [1.165, 1.54) is 11.3 Å². The van der Waals surface area contributed by atoms with Crippen molar-refractivity contribution in [2.75, 3.05) is 5.32 Å². The lowest BCUT2D eigenvalue weighted by Crippen LogP contribution is -2.13. The number of rotatable bonds is 6. The first-order valence-electron chi connectivity index (χ1n) is 7.86. The van der Waals surface area contributed by atoms with Crippen LogP contribution in [-0.4, -0.2) is 26.6 Å². The van der Waals surface area contributed by atoms with Crippen LogP contribution >= 0.6 is 23.1 Å². The maximum Gasteiger partial charge on any atom is 0.291 e. The van der Waals surface area contributed by atoms with Gasteiger partial charge in [0.1, 0.15) is 0 Å². The number of aryl methyl sites for hydroxylation is 2. The summed E-state index contributed by atoms with van der Waals surface area (Å²) in [7, 11) is 0. The molecule has 136 valence electrons. The van der Waals surface area contributed by atoms with E-state index in [2.05, 4.69) is 20.3 Å². The van der Waals surface area contributed by atoms with Gasteiger partial charge < -0.3 is 5.32 Å². The summed E-state index contributed by atoms with van der Waals surface area (Å²) in [6.07, 6.45) is 0.677. The Kier molecular flexibility index (Phi) is 5.77. The normalized spacial score (nSPS) is 11.3. The van der Waals surface area contributed by atoms with E-state index in [4.69, 9.17) is 0 Å². The number of nitrogens with one attached hydrogen (secondary N) is 1. The number of hydrogen-bond donors (Lipinski definition) is 1. The van der Waals surface area contributed by atoms with E-state index >= 15 is 0 Å². The number of anilines is 1. The van der Waals surface area contributed by atoms with Crippen LogP contribution in [0.5, 0.6) is 0 Å². The van der Waals surface area contributed by atoms with Crippen LogP contribution in [0.25, 0.3) is 10.2 Å². The number of amides is 1. The van der Waals surface area contributed by atoms with Gasteiger partial charge in [-0.15, -0.1) is 0 Å². The second kappa shape index (κ2) is 8.05. The number of benzene rings is 1. The fourth-order valence-electron chi connectivity index (χ4n) is 2.55. The Morgan fingerprint density at radius 1 is 1.19 bits per heavy atom. The Labute approximate surface area is 157 Å². The fourth-order valence-corrected chi connectivity index (χ4v) is 3.97. The zero-order chi connectivity index (χ0) is 18.7. The third-order valence-corrected chi connectivity index (χ3v) is 5.26. The van der Waals surface area contributed by atoms with Crippen molar-refractivity contribution in [2.45, 2.75) is 37.6 Å². The standard InChI is InChI=1S/C17H16F2N4OS2/c1-9-11(10(2)21-16(20-9)26-15(18)19)7-8-14(24)23-17-22-12-5-3-4-6-13(12)25-17/h3-6,15H,7-8H2,1-2H3,(H,22,23,24). The molecule has 26 heavy (non-hydrogen) atoms. The largest absolute Gasteiger partial charge is 0.302 e. The maximum absolute atomic E-state index is 12.4. The van der Waals surface area contributed by atoms with E-state index in [0.717, 1.165) is 15.8 Å². The van der Waals surface area contributed by atoms with Crippen molar-refractivity contribution >= 4 is 44.4 Å². The molecule has 0 bridgehead atoms. The summed E-state index contributed by atoms with van der Waals surface area (Å²) < 4.78 is 25.9. The zero-order valence-electron chi connectivity index (χ0n) is 14.1. The van der Waals surface area contributed by atoms with Gasteiger partial charge in [0.25, 0.3) is 5.76 Å². The molecule has 2 aromatic heterocycles. The second-order valence-electron chi connectivity index (χ2n) is 5.57. The van der Waals surface area contributed by atoms with Crippen LogP contribution in [0.15, 0.2) is 29.4 Å². The van der Waals surface area contributed by atoms with Crippen LogP contribution in [0.4, 0.5) is 13.9 Å². The molecule has 1 N–H and O–H groups in total. The molecule has 1 aromatic carbocycles. The van der Waals surface area contributed by atoms with Crippen molar-refractivity contribution in [1.29, 1.82) is 0 Å². The number of fused-ring (bicyclic) bond motifs is 1. The Balaban J connectivity index is 1.63. The number of carbonyl (C=O) groups is 1. The molecule has 1 amide bonds. The van der Waals surface area contributed by atoms with Gasteiger partial charge in [0.15, 0.2) is 10.3 Å². The minimum Gasteiger partial charge on any atom is -0.302 e. The summed E-state index contributed by atoms with van der Waals surface area (Å²) in [4.78, 5) is 24.8. The smallest absolute Gasteiger partial charge is 0.291 e. The minimum atomic E-state index is -2.56. The molecule has 0 spiro atoms. The highest BCUT2D eigenvalue weighted by atomic mass is 32.2. The van der Waals surface area contributed by atoms with Crippen molar-refractivity contribution in [2.24, 2.45) is 0 Å². The van der Waals surface area contributed by atoms with E-state index in [9.17, 15) is 13.6 Å². The molecule has 0 fully saturated rings. The van der Waals surface area contributed by atoms with Crippen LogP contribution in [0.2, 0.25) is 0 Å². The Morgan fingerprint density at radius 3 is 2.54 bits per heavy atom. The van der Waals surface area contributed by atoms with Crippen LogP contribution < -0.4 is 5.32 Å². The van der Waals surface area contributed by atoms with Gasteiger partial charge >= 0.3 is 0 Å². The molecule has 0 unspecified atom stereocenters. The number of alkyl halides is 2. The number of aromatic nitrogens is 3. The Morgan fingerprint density at radius 2 is 1.88 bits per heavy atom. The van der Waals surface area contributed by atoms with Crippen LogP contribution in [0.3, 0.4) is 0 Å². The molecule has 0 radical (unpaired) electrons. The van der Waals surface area contributed by atoms with Gasteiger partial charge in [0.05, 0.1) is 10.2 Å². The summed E-state index contributed by atoms with van der Waals surface area (Å²) in [5, 5.41) is 3.42. The van der Waals surface area contributed by atoms with Gasteiger partial charge in [-0.3, -0.25) is 4.79 Å². The second-order valence-corrected chi connectivity index (χ2v) is 7.56. The van der Waals surface area contributed by atoms with E-state index < -0.39 is 5.76 Å². The van der Waals surface area contributed by atoms with Crippen LogP contribution in [0.1, 0.15) is 23.4 Å². The third-order valence-electron chi connectivity index (χ3n) is 3.74. The number of carbonyl (C=O) groups excluding carboxylic acids is 1. The van der Waals surface area contributed by atoms with E-state index in [1.807, 2.05) is 24.3 Å². The van der Waals surface area contributed by atoms with E-state index in [1.54, 1.807) is 13.8 Å². The quantitative estimate of drug-likeness (QED) is 0.489. The molecule has 9 heteroatoms.